The van der Waals surface area contributed by atoms with Gasteiger partial charge < -0.3 is 9.84 Å². The van der Waals surface area contributed by atoms with Gasteiger partial charge in [0.1, 0.15) is 24.0 Å². The predicted octanol–water partition coefficient (Wildman–Crippen LogP) is 3.24. The second-order valence-electron chi connectivity index (χ2n) is 3.87. The number of carbonyl (C=O) groups is 1. The van der Waals surface area contributed by atoms with Crippen LogP contribution in [0.25, 0.3) is 0 Å². The van der Waals surface area contributed by atoms with Crippen molar-refractivity contribution in [1.82, 2.24) is 0 Å². The second-order valence-corrected chi connectivity index (χ2v) is 3.87. The van der Waals surface area contributed by atoms with E-state index in [0.717, 1.165) is 6.07 Å². The quantitative estimate of drug-likeness (QED) is 0.922. The lowest BCUT2D eigenvalue weighted by Crippen LogP contribution is -2.03. The number of ether oxygens (including phenoxy) is 1. The van der Waals surface area contributed by atoms with Crippen molar-refractivity contribution in [3.05, 3.63) is 65.2 Å². The van der Waals surface area contributed by atoms with Crippen molar-refractivity contribution in [3.63, 3.8) is 0 Å². The molecule has 98 valence electrons. The van der Waals surface area contributed by atoms with Gasteiger partial charge in [-0.15, -0.1) is 0 Å². The Morgan fingerprint density at radius 3 is 2.63 bits per heavy atom. The van der Waals surface area contributed by atoms with Gasteiger partial charge in [0.05, 0.1) is 5.56 Å². The largest absolute Gasteiger partial charge is 0.489 e. The average molecular weight is 264 g/mol. The van der Waals surface area contributed by atoms with Crippen LogP contribution in [0.4, 0.5) is 8.78 Å². The molecule has 0 aliphatic rings. The van der Waals surface area contributed by atoms with Crippen LogP contribution < -0.4 is 4.74 Å². The van der Waals surface area contributed by atoms with E-state index in [1.807, 2.05) is 0 Å². The molecule has 0 saturated heterocycles. The molecule has 2 rings (SSSR count). The van der Waals surface area contributed by atoms with Crippen LogP contribution in [0, 0.1) is 11.6 Å². The van der Waals surface area contributed by atoms with Crippen LogP contribution in [0.1, 0.15) is 15.9 Å². The Bertz CT molecular complexity index is 611. The monoisotopic (exact) mass is 264 g/mol. The van der Waals surface area contributed by atoms with E-state index in [9.17, 15) is 13.6 Å². The highest BCUT2D eigenvalue weighted by Gasteiger charge is 2.10. The van der Waals surface area contributed by atoms with Gasteiger partial charge in [0.25, 0.3) is 0 Å². The molecular weight excluding hydrogens is 254 g/mol. The van der Waals surface area contributed by atoms with E-state index in [4.69, 9.17) is 9.84 Å². The minimum Gasteiger partial charge on any atom is -0.489 e. The summed E-state index contributed by atoms with van der Waals surface area (Å²) in [5.41, 5.74) is 0.0726. The molecule has 5 heteroatoms. The summed E-state index contributed by atoms with van der Waals surface area (Å²) in [6.45, 7) is 0.0318. The van der Waals surface area contributed by atoms with Gasteiger partial charge in [-0.1, -0.05) is 12.1 Å². The lowest BCUT2D eigenvalue weighted by atomic mass is 10.1. The molecule has 0 heterocycles. The molecular formula is C14H10F2O3. The number of hydrogen-bond acceptors (Lipinski definition) is 2. The van der Waals surface area contributed by atoms with Crippen molar-refractivity contribution in [1.29, 1.82) is 0 Å². The Morgan fingerprint density at radius 2 is 1.95 bits per heavy atom. The number of aromatic carboxylic acids is 1. The minimum absolute atomic E-state index is 0.0318. The van der Waals surface area contributed by atoms with Crippen LogP contribution in [0.5, 0.6) is 5.75 Å². The SMILES string of the molecule is O=C(O)c1cc(COc2cccc(F)c2)ccc1F. The van der Waals surface area contributed by atoms with Gasteiger partial charge in [-0.2, -0.15) is 0 Å². The molecule has 0 atom stereocenters. The van der Waals surface area contributed by atoms with Gasteiger partial charge in [-0.25, -0.2) is 13.6 Å². The van der Waals surface area contributed by atoms with E-state index in [1.165, 1.54) is 30.3 Å². The summed E-state index contributed by atoms with van der Waals surface area (Å²) in [7, 11) is 0. The first-order valence-corrected chi connectivity index (χ1v) is 5.46. The normalized spacial score (nSPS) is 10.2. The van der Waals surface area contributed by atoms with E-state index >= 15 is 0 Å². The molecule has 0 aromatic heterocycles. The van der Waals surface area contributed by atoms with E-state index < -0.39 is 23.2 Å². The fraction of sp³-hybridized carbons (Fsp3) is 0.0714. The highest BCUT2D eigenvalue weighted by Crippen LogP contribution is 2.16. The molecule has 0 saturated carbocycles. The third-order valence-corrected chi connectivity index (χ3v) is 2.46. The van der Waals surface area contributed by atoms with Gasteiger partial charge in [0.15, 0.2) is 0 Å². The van der Waals surface area contributed by atoms with Crippen molar-refractivity contribution in [2.75, 3.05) is 0 Å². The molecule has 0 unspecified atom stereocenters. The Kier molecular flexibility index (Phi) is 3.75. The number of benzene rings is 2. The third-order valence-electron chi connectivity index (χ3n) is 2.46. The van der Waals surface area contributed by atoms with E-state index in [0.29, 0.717) is 11.3 Å². The molecule has 3 nitrogen and oxygen atoms in total. The maximum Gasteiger partial charge on any atom is 0.338 e. The number of halogens is 2. The van der Waals surface area contributed by atoms with Crippen molar-refractivity contribution >= 4 is 5.97 Å². The smallest absolute Gasteiger partial charge is 0.338 e. The van der Waals surface area contributed by atoms with Gasteiger partial charge >= 0.3 is 5.97 Å². The molecule has 1 N–H and O–H groups in total. The Hall–Kier alpha value is -2.43. The van der Waals surface area contributed by atoms with Gasteiger partial charge in [0.2, 0.25) is 0 Å². The molecule has 19 heavy (non-hydrogen) atoms. The van der Waals surface area contributed by atoms with E-state index in [-0.39, 0.29) is 6.61 Å². The van der Waals surface area contributed by atoms with Crippen LogP contribution in [0.2, 0.25) is 0 Å². The van der Waals surface area contributed by atoms with Gasteiger partial charge in [-0.3, -0.25) is 0 Å². The van der Waals surface area contributed by atoms with E-state index in [1.54, 1.807) is 6.07 Å². The van der Waals surface area contributed by atoms with Crippen molar-refractivity contribution in [3.8, 4) is 5.75 Å². The molecule has 0 aliphatic heterocycles. The molecule has 2 aromatic rings. The topological polar surface area (TPSA) is 46.5 Å². The first-order chi connectivity index (χ1) is 9.06. The van der Waals surface area contributed by atoms with Gasteiger partial charge in [0, 0.05) is 6.07 Å². The number of carboxylic acid groups (broad SMARTS) is 1. The molecule has 0 bridgehead atoms. The molecule has 2 aromatic carbocycles. The van der Waals surface area contributed by atoms with Crippen molar-refractivity contribution < 1.29 is 23.4 Å². The summed E-state index contributed by atoms with van der Waals surface area (Å²) in [6.07, 6.45) is 0. The average Bonchev–Trinajstić information content (AvgIpc) is 2.37. The fourth-order valence-electron chi connectivity index (χ4n) is 1.55. The molecule has 0 amide bonds. The van der Waals surface area contributed by atoms with Crippen molar-refractivity contribution in [2.45, 2.75) is 6.61 Å². The van der Waals surface area contributed by atoms with Crippen LogP contribution in [0.15, 0.2) is 42.5 Å². The summed E-state index contributed by atoms with van der Waals surface area (Å²) in [6, 6.07) is 9.24. The van der Waals surface area contributed by atoms with Crippen LogP contribution >= 0.6 is 0 Å². The zero-order valence-electron chi connectivity index (χ0n) is 9.77. The Morgan fingerprint density at radius 1 is 1.16 bits per heavy atom. The first kappa shape index (κ1) is 13.0. The summed E-state index contributed by atoms with van der Waals surface area (Å²) in [5.74, 6) is -2.25. The van der Waals surface area contributed by atoms with Crippen LogP contribution in [-0.4, -0.2) is 11.1 Å². The summed E-state index contributed by atoms with van der Waals surface area (Å²) >= 11 is 0. The molecule has 0 spiro atoms. The zero-order valence-corrected chi connectivity index (χ0v) is 9.77. The molecule has 0 radical (unpaired) electrons. The first-order valence-electron chi connectivity index (χ1n) is 5.46. The number of rotatable bonds is 4. The number of carboxylic acids is 1. The zero-order chi connectivity index (χ0) is 13.8. The maximum atomic E-state index is 13.2. The lowest BCUT2D eigenvalue weighted by Gasteiger charge is -2.07. The predicted molar refractivity (Wildman–Crippen MR) is 64.1 cm³/mol. The second kappa shape index (κ2) is 5.48. The van der Waals surface area contributed by atoms with Crippen LogP contribution in [-0.2, 0) is 6.61 Å². The van der Waals surface area contributed by atoms with E-state index in [2.05, 4.69) is 0 Å². The van der Waals surface area contributed by atoms with Crippen molar-refractivity contribution in [2.24, 2.45) is 0 Å². The minimum atomic E-state index is -1.34. The summed E-state index contributed by atoms with van der Waals surface area (Å²) in [5, 5.41) is 8.78. The Balaban J connectivity index is 2.12. The van der Waals surface area contributed by atoms with Crippen LogP contribution in [0.3, 0.4) is 0 Å². The summed E-state index contributed by atoms with van der Waals surface area (Å²) < 4.78 is 31.4. The van der Waals surface area contributed by atoms with Gasteiger partial charge in [-0.05, 0) is 29.8 Å². The number of hydrogen-bond donors (Lipinski definition) is 1. The lowest BCUT2D eigenvalue weighted by molar-refractivity contribution is 0.0691. The highest BCUT2D eigenvalue weighted by atomic mass is 19.1. The summed E-state index contributed by atoms with van der Waals surface area (Å²) in [4.78, 5) is 10.8. The maximum absolute atomic E-state index is 13.2. The third kappa shape index (κ3) is 3.28. The standard InChI is InChI=1S/C14H10F2O3/c15-10-2-1-3-11(7-10)19-8-9-4-5-13(16)12(6-9)14(17)18/h1-7H,8H2,(H,17,18). The molecule has 0 fully saturated rings. The Labute approximate surface area is 108 Å². The molecule has 0 aliphatic carbocycles. The highest BCUT2D eigenvalue weighted by molar-refractivity contribution is 5.88. The fourth-order valence-corrected chi connectivity index (χ4v) is 1.55.